The third-order valence-electron chi connectivity index (χ3n) is 22.0. The van der Waals surface area contributed by atoms with Crippen LogP contribution in [0.5, 0.6) is 0 Å². The Bertz CT molecular complexity index is 7290. The highest BCUT2D eigenvalue weighted by Gasteiger charge is 2.22. The summed E-state index contributed by atoms with van der Waals surface area (Å²) in [7, 11) is 0. The summed E-state index contributed by atoms with van der Waals surface area (Å²) in [4.78, 5) is 6.96. The van der Waals surface area contributed by atoms with Crippen LogP contribution >= 0.6 is 11.3 Å². The van der Waals surface area contributed by atoms with Gasteiger partial charge in [0.15, 0.2) is 0 Å². The lowest BCUT2D eigenvalue weighted by molar-refractivity contribution is 0.668. The number of nitrogens with zero attached hydrogens (tertiary/aromatic N) is 3. The molecular weight excluding hydrogens is 1490 g/mol. The number of rotatable bonds is 18. The first-order valence-electron chi connectivity index (χ1n) is 40.7. The second-order valence-electron chi connectivity index (χ2n) is 29.8. The van der Waals surface area contributed by atoms with Crippen molar-refractivity contribution in [1.82, 2.24) is 0 Å². The average molecular weight is 1570 g/mol. The summed E-state index contributed by atoms with van der Waals surface area (Å²) in [5.41, 5.74) is 26.9. The molecule has 3 N–H and O–H groups in total. The van der Waals surface area contributed by atoms with Gasteiger partial charge in [-0.3, -0.25) is 0 Å². The molecule has 576 valence electrons. The van der Waals surface area contributed by atoms with E-state index >= 15 is 0 Å². The van der Waals surface area contributed by atoms with Crippen molar-refractivity contribution in [1.29, 1.82) is 0 Å². The van der Waals surface area contributed by atoms with Crippen molar-refractivity contribution in [2.75, 3.05) is 30.7 Å². The van der Waals surface area contributed by atoms with Crippen LogP contribution in [0.2, 0.25) is 0 Å². The summed E-state index contributed by atoms with van der Waals surface area (Å²) in [6, 6.07) is 164. The first kappa shape index (κ1) is 73.9. The first-order valence-corrected chi connectivity index (χ1v) is 41.6. The highest BCUT2D eigenvalue weighted by molar-refractivity contribution is 7.26. The number of para-hydroxylation sites is 6. The fraction of sp³-hybridized carbons (Fsp3) is 0. The number of hydrogen-bond acceptors (Lipinski definition) is 9. The molecule has 9 heteroatoms. The van der Waals surface area contributed by atoms with Crippen molar-refractivity contribution in [3.05, 3.63) is 467 Å². The van der Waals surface area contributed by atoms with Crippen LogP contribution in [0.15, 0.2) is 476 Å². The molecular formula is C112H80N6O2S. The number of anilines is 15. The van der Waals surface area contributed by atoms with Gasteiger partial charge in [-0.1, -0.05) is 273 Å². The lowest BCUT2D eigenvalue weighted by Crippen LogP contribution is -2.10. The Kier molecular flexibility index (Phi) is 20.6. The molecule has 3 aromatic heterocycles. The lowest BCUT2D eigenvalue weighted by Gasteiger charge is -2.28. The standard InChI is InChI=1S/C42H30N2O.C40H28N2S.C30H22N2O/c1-4-13-30(14-5-1)32-25-33(31-15-6-2-7-16-31)27-38(26-32)44(36-18-8-3-9-19-36)37-20-12-17-34(28-37)43-35-23-24-42-40(29-35)39-21-10-11-22-41(39)45-42;1-3-13-28(14-4-1)32-25-26-37(34-20-8-7-19-33(32)34)42(30-16-5-2-6-17-30)31-18-11-15-29(27-31)41-36-22-12-24-39-40(36)35-21-9-10-23-38(35)43-39;1-3-11-24(12-4-1)32(25-13-5-2-6-14-25)26-15-9-10-22(20-26)31-23-18-19-30-28(21-23)27-16-7-8-17-29(27)33-30/h1-29,43H;1-27,41H;1-21,31H. The molecule has 0 radical (unpaired) electrons. The van der Waals surface area contributed by atoms with Crippen molar-refractivity contribution < 1.29 is 8.83 Å². The largest absolute Gasteiger partial charge is 0.456 e. The van der Waals surface area contributed by atoms with Gasteiger partial charge in [-0.25, -0.2) is 0 Å². The normalized spacial score (nSPS) is 11.1. The Labute approximate surface area is 706 Å². The smallest absolute Gasteiger partial charge is 0.135 e. The van der Waals surface area contributed by atoms with Gasteiger partial charge in [-0.2, -0.15) is 0 Å². The van der Waals surface area contributed by atoms with Crippen LogP contribution in [0, 0.1) is 0 Å². The van der Waals surface area contributed by atoms with Gasteiger partial charge < -0.3 is 39.5 Å². The summed E-state index contributed by atoms with van der Waals surface area (Å²) in [6.45, 7) is 0. The van der Waals surface area contributed by atoms with Gasteiger partial charge >= 0.3 is 0 Å². The predicted octanol–water partition coefficient (Wildman–Crippen LogP) is 33.0. The number of thiophene rings is 1. The lowest BCUT2D eigenvalue weighted by atomic mass is 9.96. The van der Waals surface area contributed by atoms with Gasteiger partial charge in [0.1, 0.15) is 22.3 Å². The van der Waals surface area contributed by atoms with Gasteiger partial charge in [0.05, 0.1) is 5.69 Å². The highest BCUT2D eigenvalue weighted by Crippen LogP contribution is 2.47. The third kappa shape index (κ3) is 15.7. The molecule has 0 bridgehead atoms. The zero-order valence-corrected chi connectivity index (χ0v) is 66.8. The minimum absolute atomic E-state index is 0.887. The Hall–Kier alpha value is -15.9. The maximum Gasteiger partial charge on any atom is 0.135 e. The molecule has 0 aliphatic rings. The maximum absolute atomic E-state index is 6.05. The molecule has 0 fully saturated rings. The van der Waals surface area contributed by atoms with Crippen molar-refractivity contribution in [2.24, 2.45) is 0 Å². The molecule has 0 aliphatic carbocycles. The molecule has 0 aliphatic heterocycles. The highest BCUT2D eigenvalue weighted by atomic mass is 32.1. The number of benzene rings is 19. The quantitative estimate of drug-likeness (QED) is 0.0785. The van der Waals surface area contributed by atoms with Crippen LogP contribution in [-0.4, -0.2) is 0 Å². The molecule has 8 nitrogen and oxygen atoms in total. The van der Waals surface area contributed by atoms with Crippen LogP contribution in [0.4, 0.5) is 85.3 Å². The van der Waals surface area contributed by atoms with Crippen molar-refractivity contribution >= 4 is 171 Å². The van der Waals surface area contributed by atoms with Gasteiger partial charge in [0.2, 0.25) is 0 Å². The van der Waals surface area contributed by atoms with Gasteiger partial charge in [0.25, 0.3) is 0 Å². The molecule has 0 saturated heterocycles. The predicted molar refractivity (Wildman–Crippen MR) is 514 cm³/mol. The fourth-order valence-electron chi connectivity index (χ4n) is 16.5. The molecule has 0 atom stereocenters. The molecule has 19 aromatic carbocycles. The van der Waals surface area contributed by atoms with Crippen molar-refractivity contribution in [2.45, 2.75) is 0 Å². The molecule has 0 unspecified atom stereocenters. The third-order valence-corrected chi connectivity index (χ3v) is 23.1. The molecule has 0 amide bonds. The van der Waals surface area contributed by atoms with Gasteiger partial charge in [-0.05, 0) is 233 Å². The van der Waals surface area contributed by atoms with Crippen LogP contribution in [0.1, 0.15) is 0 Å². The second-order valence-corrected chi connectivity index (χ2v) is 30.9. The summed E-state index contributed by atoms with van der Waals surface area (Å²) < 4.78 is 14.6. The molecule has 0 saturated carbocycles. The molecule has 22 aromatic rings. The van der Waals surface area contributed by atoms with Crippen LogP contribution in [-0.2, 0) is 0 Å². The van der Waals surface area contributed by atoms with E-state index in [0.717, 1.165) is 129 Å². The maximum atomic E-state index is 6.05. The SMILES string of the molecule is c1ccc(-c2cc(-c3ccccc3)cc(N(c3ccccc3)c3cccc(Nc4ccc5oc6ccccc6c5c4)c3)c2)cc1.c1ccc(-c2ccc(N(c3ccccc3)c3cccc(Nc4cccc5sc6ccccc6c45)c3)c3ccccc23)cc1.c1ccc(N(c2ccccc2)c2cccc(Nc3ccc4oc5ccccc5c4c3)c2)cc1. The topological polar surface area (TPSA) is 72.1 Å². The molecule has 0 spiro atoms. The zero-order chi connectivity index (χ0) is 80.6. The summed E-state index contributed by atoms with van der Waals surface area (Å²) in [6.07, 6.45) is 0. The van der Waals surface area contributed by atoms with E-state index in [2.05, 4.69) is 443 Å². The van der Waals surface area contributed by atoms with E-state index in [1.165, 1.54) is 64.3 Å². The second kappa shape index (κ2) is 33.7. The zero-order valence-electron chi connectivity index (χ0n) is 66.0. The summed E-state index contributed by atoms with van der Waals surface area (Å²) in [5, 5.41) is 20.5. The van der Waals surface area contributed by atoms with Crippen molar-refractivity contribution in [3.63, 3.8) is 0 Å². The fourth-order valence-corrected chi connectivity index (χ4v) is 17.6. The Morgan fingerprint density at radius 2 is 0.545 bits per heavy atom. The van der Waals surface area contributed by atoms with Gasteiger partial charge in [0, 0.05) is 127 Å². The molecule has 121 heavy (non-hydrogen) atoms. The van der Waals surface area contributed by atoms with E-state index in [1.807, 2.05) is 65.9 Å². The van der Waals surface area contributed by atoms with Crippen LogP contribution in [0.25, 0.3) is 108 Å². The molecule has 3 heterocycles. The minimum Gasteiger partial charge on any atom is -0.456 e. The minimum atomic E-state index is 0.887. The van der Waals surface area contributed by atoms with E-state index in [4.69, 9.17) is 8.83 Å². The molecule has 22 rings (SSSR count). The number of fused-ring (bicyclic) bond motifs is 10. The van der Waals surface area contributed by atoms with Crippen LogP contribution < -0.4 is 30.7 Å². The van der Waals surface area contributed by atoms with Gasteiger partial charge in [-0.15, -0.1) is 11.3 Å². The van der Waals surface area contributed by atoms with Crippen molar-refractivity contribution in [3.8, 4) is 33.4 Å². The van der Waals surface area contributed by atoms with Crippen LogP contribution in [0.3, 0.4) is 0 Å². The van der Waals surface area contributed by atoms with E-state index in [0.29, 0.717) is 0 Å². The average Bonchev–Trinajstić information content (AvgIpc) is 1.67. The summed E-state index contributed by atoms with van der Waals surface area (Å²) in [5.74, 6) is 0. The number of nitrogens with one attached hydrogen (secondary N) is 3. The van der Waals surface area contributed by atoms with E-state index in [9.17, 15) is 0 Å². The Balaban J connectivity index is 0.000000117. The number of furan rings is 2. The van der Waals surface area contributed by atoms with E-state index in [-0.39, 0.29) is 0 Å². The first-order chi connectivity index (χ1) is 60.0. The number of hydrogen-bond donors (Lipinski definition) is 3. The van der Waals surface area contributed by atoms with E-state index < -0.39 is 0 Å². The van der Waals surface area contributed by atoms with E-state index in [1.54, 1.807) is 0 Å². The Morgan fingerprint density at radius 1 is 0.190 bits per heavy atom. The monoisotopic (exact) mass is 1570 g/mol. The Morgan fingerprint density at radius 3 is 1.04 bits per heavy atom. The summed E-state index contributed by atoms with van der Waals surface area (Å²) >= 11 is 1.84.